The zero-order valence-corrected chi connectivity index (χ0v) is 13.9. The summed E-state index contributed by atoms with van der Waals surface area (Å²) < 4.78 is 4.53. The third-order valence-electron chi connectivity index (χ3n) is 2.97. The normalized spacial score (nSPS) is 11.3. The van der Waals surface area contributed by atoms with Gasteiger partial charge < -0.3 is 10.1 Å². The molecule has 0 aliphatic rings. The van der Waals surface area contributed by atoms with Gasteiger partial charge in [0.2, 0.25) is 0 Å². The van der Waals surface area contributed by atoms with Crippen molar-refractivity contribution >= 4 is 6.09 Å². The van der Waals surface area contributed by atoms with Crippen molar-refractivity contribution in [3.8, 4) is 0 Å². The molecule has 1 aromatic rings. The Labute approximate surface area is 128 Å². The van der Waals surface area contributed by atoms with Gasteiger partial charge in [0, 0.05) is 31.5 Å². The van der Waals surface area contributed by atoms with E-state index in [1.165, 1.54) is 19.1 Å². The molecule has 0 saturated heterocycles. The van der Waals surface area contributed by atoms with Gasteiger partial charge in [-0.05, 0) is 25.1 Å². The van der Waals surface area contributed by atoms with Crippen molar-refractivity contribution in [2.75, 3.05) is 26.7 Å². The molecule has 0 aliphatic carbocycles. The Bertz CT molecular complexity index is 371. The summed E-state index contributed by atoms with van der Waals surface area (Å²) >= 11 is 0. The molecule has 5 nitrogen and oxygen atoms in total. The lowest BCUT2D eigenvalue weighted by Gasteiger charge is -2.27. The van der Waals surface area contributed by atoms with Gasteiger partial charge in [-0.3, -0.25) is 9.88 Å². The number of amides is 1. The van der Waals surface area contributed by atoms with Crippen LogP contribution in [-0.2, 0) is 4.74 Å². The molecule has 1 amide bonds. The van der Waals surface area contributed by atoms with Crippen molar-refractivity contribution < 1.29 is 9.53 Å². The van der Waals surface area contributed by atoms with Crippen LogP contribution in [0, 0.1) is 0 Å². The number of pyridine rings is 1. The van der Waals surface area contributed by atoms with Crippen LogP contribution in [0.5, 0.6) is 0 Å². The highest BCUT2D eigenvalue weighted by Crippen LogP contribution is 2.17. The molecule has 0 radical (unpaired) electrons. The standard InChI is InChI=1S/C13H21N3O2.C3H8/c1-4-16(9-8-15-13(17)18-3)11(2)12-6-5-7-14-10-12;1-3-2/h5-7,10-11H,4,8-9H2,1-3H3,(H,15,17);3H2,1-2H3. The molecule has 5 heteroatoms. The SMILES string of the molecule is CCC.CCN(CCNC(=O)OC)C(C)c1cccnc1. The molecule has 0 spiro atoms. The van der Waals surface area contributed by atoms with Crippen molar-refractivity contribution in [2.24, 2.45) is 0 Å². The first-order valence-corrected chi connectivity index (χ1v) is 7.56. The number of likely N-dealkylation sites (N-methyl/N-ethyl adjacent to an activating group) is 1. The maximum absolute atomic E-state index is 11.0. The van der Waals surface area contributed by atoms with Crippen molar-refractivity contribution in [2.45, 2.75) is 40.2 Å². The second-order valence-electron chi connectivity index (χ2n) is 4.72. The van der Waals surface area contributed by atoms with E-state index < -0.39 is 0 Å². The molecule has 0 aliphatic heterocycles. The van der Waals surface area contributed by atoms with E-state index in [4.69, 9.17) is 0 Å². The fraction of sp³-hybridized carbons (Fsp3) is 0.625. The highest BCUT2D eigenvalue weighted by atomic mass is 16.5. The maximum atomic E-state index is 11.0. The minimum atomic E-state index is -0.389. The van der Waals surface area contributed by atoms with E-state index in [0.717, 1.165) is 13.1 Å². The minimum Gasteiger partial charge on any atom is -0.453 e. The average molecular weight is 295 g/mol. The first-order chi connectivity index (χ1) is 10.1. The Balaban J connectivity index is 0.00000122. The molecule has 21 heavy (non-hydrogen) atoms. The Kier molecular flexibility index (Phi) is 11.2. The summed E-state index contributed by atoms with van der Waals surface area (Å²) in [4.78, 5) is 17.4. The molecule has 1 unspecified atom stereocenters. The number of carbonyl (C=O) groups is 1. The second-order valence-corrected chi connectivity index (χ2v) is 4.72. The fourth-order valence-corrected chi connectivity index (χ4v) is 1.83. The number of nitrogens with zero attached hydrogens (tertiary/aromatic N) is 2. The van der Waals surface area contributed by atoms with Gasteiger partial charge >= 0.3 is 6.09 Å². The Morgan fingerprint density at radius 2 is 2.10 bits per heavy atom. The van der Waals surface area contributed by atoms with E-state index >= 15 is 0 Å². The van der Waals surface area contributed by atoms with E-state index in [1.807, 2.05) is 12.3 Å². The number of rotatable bonds is 6. The van der Waals surface area contributed by atoms with Crippen molar-refractivity contribution in [1.82, 2.24) is 15.2 Å². The van der Waals surface area contributed by atoms with E-state index in [9.17, 15) is 4.79 Å². The highest BCUT2D eigenvalue weighted by molar-refractivity contribution is 5.66. The summed E-state index contributed by atoms with van der Waals surface area (Å²) in [6, 6.07) is 4.28. The Morgan fingerprint density at radius 3 is 2.57 bits per heavy atom. The van der Waals surface area contributed by atoms with E-state index in [2.05, 4.69) is 53.7 Å². The van der Waals surface area contributed by atoms with Gasteiger partial charge in [0.25, 0.3) is 0 Å². The number of alkyl carbamates (subject to hydrolysis) is 1. The molecule has 0 saturated carbocycles. The summed E-state index contributed by atoms with van der Waals surface area (Å²) in [7, 11) is 1.37. The predicted molar refractivity (Wildman–Crippen MR) is 86.3 cm³/mol. The zero-order valence-electron chi connectivity index (χ0n) is 13.9. The monoisotopic (exact) mass is 295 g/mol. The lowest BCUT2D eigenvalue weighted by atomic mass is 10.1. The first kappa shape index (κ1) is 19.4. The Hall–Kier alpha value is -1.62. The van der Waals surface area contributed by atoms with Gasteiger partial charge in [-0.1, -0.05) is 33.3 Å². The number of hydrogen-bond acceptors (Lipinski definition) is 4. The third-order valence-corrected chi connectivity index (χ3v) is 2.97. The lowest BCUT2D eigenvalue weighted by molar-refractivity contribution is 0.165. The van der Waals surface area contributed by atoms with Crippen molar-refractivity contribution in [1.29, 1.82) is 0 Å². The van der Waals surface area contributed by atoms with Crippen LogP contribution < -0.4 is 5.32 Å². The topological polar surface area (TPSA) is 54.5 Å². The third kappa shape index (κ3) is 8.30. The van der Waals surface area contributed by atoms with Gasteiger partial charge in [0.15, 0.2) is 0 Å². The molecule has 1 heterocycles. The summed E-state index contributed by atoms with van der Waals surface area (Å²) in [5.74, 6) is 0. The number of methoxy groups -OCH3 is 1. The van der Waals surface area contributed by atoms with Crippen LogP contribution in [0.4, 0.5) is 4.79 Å². The molecule has 0 fully saturated rings. The van der Waals surface area contributed by atoms with Gasteiger partial charge in [-0.25, -0.2) is 4.79 Å². The van der Waals surface area contributed by atoms with Crippen LogP contribution in [0.3, 0.4) is 0 Å². The van der Waals surface area contributed by atoms with E-state index in [1.54, 1.807) is 6.20 Å². The van der Waals surface area contributed by atoms with Gasteiger partial charge in [0.1, 0.15) is 0 Å². The van der Waals surface area contributed by atoms with Gasteiger partial charge in [-0.15, -0.1) is 0 Å². The molecule has 1 rings (SSSR count). The number of hydrogen-bond donors (Lipinski definition) is 1. The van der Waals surface area contributed by atoms with Crippen LogP contribution in [0.25, 0.3) is 0 Å². The number of nitrogens with one attached hydrogen (secondary N) is 1. The van der Waals surface area contributed by atoms with E-state index in [0.29, 0.717) is 6.54 Å². The van der Waals surface area contributed by atoms with Crippen LogP contribution in [0.15, 0.2) is 24.5 Å². The number of carbonyl (C=O) groups excluding carboxylic acids is 1. The molecule has 1 N–H and O–H groups in total. The van der Waals surface area contributed by atoms with Crippen LogP contribution in [0.2, 0.25) is 0 Å². The minimum absolute atomic E-state index is 0.281. The maximum Gasteiger partial charge on any atom is 0.406 e. The summed E-state index contributed by atoms with van der Waals surface area (Å²) in [6.07, 6.45) is 4.51. The van der Waals surface area contributed by atoms with Crippen LogP contribution in [0.1, 0.15) is 45.7 Å². The van der Waals surface area contributed by atoms with Gasteiger partial charge in [0.05, 0.1) is 7.11 Å². The number of aromatic nitrogens is 1. The molecule has 0 bridgehead atoms. The fourth-order valence-electron chi connectivity index (χ4n) is 1.83. The summed E-state index contributed by atoms with van der Waals surface area (Å²) in [5, 5.41) is 2.69. The first-order valence-electron chi connectivity index (χ1n) is 7.56. The Morgan fingerprint density at radius 1 is 1.43 bits per heavy atom. The quantitative estimate of drug-likeness (QED) is 0.875. The zero-order chi connectivity index (χ0) is 16.1. The van der Waals surface area contributed by atoms with E-state index in [-0.39, 0.29) is 12.1 Å². The average Bonchev–Trinajstić information content (AvgIpc) is 2.52. The largest absolute Gasteiger partial charge is 0.453 e. The second kappa shape index (κ2) is 12.1. The summed E-state index contributed by atoms with van der Waals surface area (Å²) in [5.41, 5.74) is 1.18. The van der Waals surface area contributed by atoms with Crippen molar-refractivity contribution in [3.63, 3.8) is 0 Å². The number of ether oxygens (including phenoxy) is 1. The molecule has 0 aromatic carbocycles. The lowest BCUT2D eigenvalue weighted by Crippen LogP contribution is -2.36. The molecule has 1 aromatic heterocycles. The van der Waals surface area contributed by atoms with Crippen LogP contribution in [-0.4, -0.2) is 42.7 Å². The molecule has 120 valence electrons. The summed E-state index contributed by atoms with van der Waals surface area (Å²) in [6.45, 7) is 10.8. The molecular weight excluding hydrogens is 266 g/mol. The van der Waals surface area contributed by atoms with Gasteiger partial charge in [-0.2, -0.15) is 0 Å². The van der Waals surface area contributed by atoms with Crippen LogP contribution >= 0.6 is 0 Å². The smallest absolute Gasteiger partial charge is 0.406 e. The van der Waals surface area contributed by atoms with Crippen molar-refractivity contribution in [3.05, 3.63) is 30.1 Å². The highest BCUT2D eigenvalue weighted by Gasteiger charge is 2.14. The predicted octanol–water partition coefficient (Wildman–Crippen LogP) is 3.24. The molecule has 1 atom stereocenters. The molecular formula is C16H29N3O2.